The Hall–Kier alpha value is -2.61. The number of hydrogen-bond donors (Lipinski definition) is 2. The number of H-pyrrole nitrogens is 1. The first-order valence-corrected chi connectivity index (χ1v) is 9.92. The summed E-state index contributed by atoms with van der Waals surface area (Å²) in [6.07, 6.45) is 3.36. The monoisotopic (exact) mass is 382 g/mol. The highest BCUT2D eigenvalue weighted by molar-refractivity contribution is 5.80. The minimum atomic E-state index is 0.458. The van der Waals surface area contributed by atoms with Gasteiger partial charge in [0, 0.05) is 37.5 Å². The molecule has 0 amide bonds. The van der Waals surface area contributed by atoms with Crippen LogP contribution in [0.3, 0.4) is 0 Å². The average molecular weight is 382 g/mol. The zero-order valence-corrected chi connectivity index (χ0v) is 16.3. The highest BCUT2D eigenvalue weighted by atomic mass is 16.5. The van der Waals surface area contributed by atoms with Gasteiger partial charge in [-0.1, -0.05) is 0 Å². The van der Waals surface area contributed by atoms with E-state index in [-0.39, 0.29) is 0 Å². The summed E-state index contributed by atoms with van der Waals surface area (Å²) in [5, 5.41) is 10.8. The van der Waals surface area contributed by atoms with E-state index in [1.807, 2.05) is 31.3 Å². The van der Waals surface area contributed by atoms with Crippen LogP contribution in [0.4, 0.5) is 0 Å². The summed E-state index contributed by atoms with van der Waals surface area (Å²) in [5.41, 5.74) is 0.954. The van der Waals surface area contributed by atoms with E-state index in [1.165, 1.54) is 12.8 Å². The smallest absolute Gasteiger partial charge is 0.194 e. The second-order valence-corrected chi connectivity index (χ2v) is 7.76. The van der Waals surface area contributed by atoms with Gasteiger partial charge in [0.2, 0.25) is 0 Å². The molecule has 2 bridgehead atoms. The van der Waals surface area contributed by atoms with Crippen molar-refractivity contribution in [1.29, 1.82) is 0 Å². The van der Waals surface area contributed by atoms with Gasteiger partial charge in [-0.15, -0.1) is 0 Å². The van der Waals surface area contributed by atoms with E-state index < -0.39 is 0 Å². The lowest BCUT2D eigenvalue weighted by Gasteiger charge is -2.23. The molecule has 1 aromatic heterocycles. The number of nitrogens with zero attached hydrogens (tertiary/aromatic N) is 4. The first kappa shape index (κ1) is 17.5. The van der Waals surface area contributed by atoms with Gasteiger partial charge in [-0.05, 0) is 37.1 Å². The summed E-state index contributed by atoms with van der Waals surface area (Å²) in [7, 11) is 3.49. The van der Waals surface area contributed by atoms with E-state index in [2.05, 4.69) is 30.4 Å². The van der Waals surface area contributed by atoms with Gasteiger partial charge in [-0.25, -0.2) is 4.98 Å². The van der Waals surface area contributed by atoms with Crippen LogP contribution in [0.5, 0.6) is 5.75 Å². The summed E-state index contributed by atoms with van der Waals surface area (Å²) in [6, 6.07) is 7.73. The predicted molar refractivity (Wildman–Crippen MR) is 105 cm³/mol. The Morgan fingerprint density at radius 2 is 1.96 bits per heavy atom. The largest absolute Gasteiger partial charge is 0.497 e. The van der Waals surface area contributed by atoms with E-state index in [0.29, 0.717) is 36.4 Å². The van der Waals surface area contributed by atoms with Crippen LogP contribution in [0.2, 0.25) is 0 Å². The molecule has 3 fully saturated rings. The maximum atomic E-state index is 6.07. The third-order valence-corrected chi connectivity index (χ3v) is 6.26. The first-order chi connectivity index (χ1) is 13.7. The molecule has 0 saturated carbocycles. The van der Waals surface area contributed by atoms with Crippen LogP contribution in [0.15, 0.2) is 29.3 Å². The lowest BCUT2D eigenvalue weighted by Crippen LogP contribution is -2.41. The van der Waals surface area contributed by atoms with Gasteiger partial charge in [-0.3, -0.25) is 10.1 Å². The SMILES string of the molecule is CN=C(NCc1nc(-c2ccc(OC)cc2)n[nH]1)N1CC2C3CCC(O3)C2C1. The minimum Gasteiger partial charge on any atom is -0.497 e. The number of likely N-dealkylation sites (tertiary alicyclic amines) is 1. The summed E-state index contributed by atoms with van der Waals surface area (Å²) in [6.45, 7) is 2.61. The Labute approximate surface area is 164 Å². The number of methoxy groups -OCH3 is 1. The molecule has 3 aliphatic rings. The lowest BCUT2D eigenvalue weighted by molar-refractivity contribution is 0.0767. The summed E-state index contributed by atoms with van der Waals surface area (Å²) in [5.74, 6) is 4.53. The van der Waals surface area contributed by atoms with Crippen molar-refractivity contribution in [3.05, 3.63) is 30.1 Å². The van der Waals surface area contributed by atoms with Gasteiger partial charge in [0.05, 0.1) is 25.9 Å². The molecule has 148 valence electrons. The number of fused-ring (bicyclic) bond motifs is 5. The Balaban J connectivity index is 1.20. The molecule has 2 aromatic rings. The van der Waals surface area contributed by atoms with E-state index in [4.69, 9.17) is 9.47 Å². The number of hydrogen-bond acceptors (Lipinski definition) is 5. The zero-order valence-electron chi connectivity index (χ0n) is 16.3. The fourth-order valence-electron chi connectivity index (χ4n) is 4.87. The summed E-state index contributed by atoms with van der Waals surface area (Å²) < 4.78 is 11.3. The molecule has 8 heteroatoms. The number of aromatic nitrogens is 3. The Morgan fingerprint density at radius 1 is 1.25 bits per heavy atom. The topological polar surface area (TPSA) is 87.7 Å². The highest BCUT2D eigenvalue weighted by Gasteiger charge is 2.53. The molecule has 28 heavy (non-hydrogen) atoms. The number of nitrogens with one attached hydrogen (secondary N) is 2. The van der Waals surface area contributed by atoms with Gasteiger partial charge in [0.25, 0.3) is 0 Å². The van der Waals surface area contributed by atoms with Crippen LogP contribution in [0.1, 0.15) is 18.7 Å². The number of ether oxygens (including phenoxy) is 2. The molecule has 0 radical (unpaired) electrons. The van der Waals surface area contributed by atoms with Crippen molar-refractivity contribution in [1.82, 2.24) is 25.4 Å². The number of guanidine groups is 1. The number of aliphatic imine (C=N–C) groups is 1. The molecule has 4 atom stereocenters. The van der Waals surface area contributed by atoms with Crippen molar-refractivity contribution < 1.29 is 9.47 Å². The van der Waals surface area contributed by atoms with Crippen molar-refractivity contribution in [2.24, 2.45) is 16.8 Å². The van der Waals surface area contributed by atoms with Crippen LogP contribution in [0, 0.1) is 11.8 Å². The van der Waals surface area contributed by atoms with E-state index >= 15 is 0 Å². The van der Waals surface area contributed by atoms with Gasteiger partial charge >= 0.3 is 0 Å². The third-order valence-electron chi connectivity index (χ3n) is 6.26. The third kappa shape index (κ3) is 3.01. The van der Waals surface area contributed by atoms with Crippen LogP contribution in [-0.4, -0.2) is 65.5 Å². The van der Waals surface area contributed by atoms with Crippen molar-refractivity contribution in [2.75, 3.05) is 27.2 Å². The Morgan fingerprint density at radius 3 is 2.61 bits per heavy atom. The molecule has 4 heterocycles. The predicted octanol–water partition coefficient (Wildman–Crippen LogP) is 1.66. The molecule has 4 unspecified atom stereocenters. The number of rotatable bonds is 4. The van der Waals surface area contributed by atoms with Crippen LogP contribution >= 0.6 is 0 Å². The highest BCUT2D eigenvalue weighted by Crippen LogP contribution is 2.47. The van der Waals surface area contributed by atoms with Crippen LogP contribution < -0.4 is 10.1 Å². The fraction of sp³-hybridized carbons (Fsp3) is 0.550. The summed E-state index contributed by atoms with van der Waals surface area (Å²) >= 11 is 0. The van der Waals surface area contributed by atoms with Gasteiger partial charge in [0.1, 0.15) is 11.6 Å². The first-order valence-electron chi connectivity index (χ1n) is 9.92. The van der Waals surface area contributed by atoms with Gasteiger partial charge < -0.3 is 19.7 Å². The summed E-state index contributed by atoms with van der Waals surface area (Å²) in [4.78, 5) is 11.4. The van der Waals surface area contributed by atoms with Crippen molar-refractivity contribution in [3.8, 4) is 17.1 Å². The molecule has 3 aliphatic heterocycles. The number of benzene rings is 1. The Bertz CT molecular complexity index is 846. The number of aromatic amines is 1. The lowest BCUT2D eigenvalue weighted by atomic mass is 9.82. The average Bonchev–Trinajstić information content (AvgIpc) is 3.50. The molecule has 5 rings (SSSR count). The van der Waals surface area contributed by atoms with E-state index in [9.17, 15) is 0 Å². The second-order valence-electron chi connectivity index (χ2n) is 7.76. The molecule has 2 N–H and O–H groups in total. The quantitative estimate of drug-likeness (QED) is 0.618. The van der Waals surface area contributed by atoms with Crippen LogP contribution in [-0.2, 0) is 11.3 Å². The molecule has 1 aromatic carbocycles. The molecule has 0 spiro atoms. The standard InChI is InChI=1S/C20H26N6O2/c1-21-20(26-10-14-15(11-26)17-8-7-16(14)28-17)22-9-18-23-19(25-24-18)12-3-5-13(27-2)6-4-12/h3-6,14-17H,7-11H2,1-2H3,(H,21,22)(H,23,24,25). The van der Waals surface area contributed by atoms with Gasteiger partial charge in [-0.2, -0.15) is 5.10 Å². The minimum absolute atomic E-state index is 0.458. The fourth-order valence-corrected chi connectivity index (χ4v) is 4.87. The second kappa shape index (κ2) is 7.09. The van der Waals surface area contributed by atoms with Crippen LogP contribution in [0.25, 0.3) is 11.4 Å². The maximum absolute atomic E-state index is 6.07. The maximum Gasteiger partial charge on any atom is 0.194 e. The van der Waals surface area contributed by atoms with E-state index in [0.717, 1.165) is 36.2 Å². The molecular formula is C20H26N6O2. The molecular weight excluding hydrogens is 356 g/mol. The van der Waals surface area contributed by atoms with Crippen molar-refractivity contribution in [2.45, 2.75) is 31.6 Å². The molecule has 0 aliphatic carbocycles. The van der Waals surface area contributed by atoms with Crippen molar-refractivity contribution in [3.63, 3.8) is 0 Å². The zero-order chi connectivity index (χ0) is 19.1. The Kier molecular flexibility index (Phi) is 4.43. The van der Waals surface area contributed by atoms with Crippen molar-refractivity contribution >= 4 is 5.96 Å². The molecule has 3 saturated heterocycles. The normalized spacial score (nSPS) is 28.6. The van der Waals surface area contributed by atoms with E-state index in [1.54, 1.807) is 7.11 Å². The van der Waals surface area contributed by atoms with Gasteiger partial charge in [0.15, 0.2) is 11.8 Å². The molecule has 8 nitrogen and oxygen atoms in total.